The third kappa shape index (κ3) is 4.10. The van der Waals surface area contributed by atoms with Crippen LogP contribution in [0, 0.1) is 0 Å². The first-order valence-corrected chi connectivity index (χ1v) is 12.0. The van der Waals surface area contributed by atoms with E-state index in [1.165, 1.54) is 12.1 Å². The van der Waals surface area contributed by atoms with Crippen LogP contribution in [0.2, 0.25) is 0 Å². The topological polar surface area (TPSA) is 256 Å². The van der Waals surface area contributed by atoms with Crippen molar-refractivity contribution >= 4 is 38.1 Å². The summed E-state index contributed by atoms with van der Waals surface area (Å²) in [5, 5.41) is 27.6. The van der Waals surface area contributed by atoms with Crippen LogP contribution >= 0.6 is 0 Å². The van der Waals surface area contributed by atoms with Gasteiger partial charge in [0.05, 0.1) is 32.8 Å². The quantitative estimate of drug-likeness (QED) is 0.168. The molecule has 14 nitrogen and oxygen atoms in total. The maximum atomic E-state index is 12.8. The van der Waals surface area contributed by atoms with E-state index in [0.717, 1.165) is 0 Å². The van der Waals surface area contributed by atoms with Gasteiger partial charge in [-0.05, 0) is 33.5 Å². The second-order valence-corrected chi connectivity index (χ2v) is 9.52. The Labute approximate surface area is 188 Å². The minimum atomic E-state index is -4.59. The molecular formula is C17H18N9O5S2-. The van der Waals surface area contributed by atoms with Crippen LogP contribution in [0.15, 0.2) is 35.2 Å². The first-order chi connectivity index (χ1) is 15.6. The van der Waals surface area contributed by atoms with Gasteiger partial charge in [0.15, 0.2) is 5.95 Å². The Balaban J connectivity index is 2.16. The average Bonchev–Trinajstić information content (AvgIpc) is 3.40. The van der Waals surface area contributed by atoms with Crippen LogP contribution in [0.1, 0.15) is 10.8 Å². The number of nitrogens with zero attached hydrogens (tertiary/aromatic N) is 4. The van der Waals surface area contributed by atoms with E-state index in [0.29, 0.717) is 16.6 Å². The molecule has 0 saturated heterocycles. The first-order valence-electron chi connectivity index (χ1n) is 9.27. The molecule has 9 N–H and O–H groups in total. The second kappa shape index (κ2) is 8.58. The maximum Gasteiger partial charge on any atom is 0.239 e. The number of para-hydroxylation sites is 1. The lowest BCUT2D eigenvalue weighted by molar-refractivity contribution is 0.174. The van der Waals surface area contributed by atoms with Crippen molar-refractivity contribution in [2.75, 3.05) is 12.3 Å². The lowest BCUT2D eigenvalue weighted by atomic mass is 9.94. The molecule has 2 aromatic carbocycles. The zero-order valence-corrected chi connectivity index (χ0v) is 18.3. The van der Waals surface area contributed by atoms with E-state index in [-0.39, 0.29) is 28.5 Å². The largest absolute Gasteiger partial charge is 0.772 e. The standard InChI is InChI=1S/C17H19N9O5S2/c18-6-11(27)14(32(28)29)9-5-4-7(8-2-1-3-10-13(8)22-17(19)21-10)12(15(9)33(20,30)31)16-23-25-26-24-16/h1-5,11,14,27H,6,18H2,(H,28,29)(H3,19,21,22)(H2,20,30,31)(H,23,24,25,26)/p-1/t11-,14?/m0/s1. The molecule has 0 saturated carbocycles. The number of fused-ring (bicyclic) bond motifs is 1. The van der Waals surface area contributed by atoms with Crippen molar-refractivity contribution in [1.29, 1.82) is 0 Å². The normalized spacial score (nSPS) is 14.9. The number of H-pyrrole nitrogens is 2. The highest BCUT2D eigenvalue weighted by atomic mass is 32.2. The number of sulfonamides is 1. The molecule has 16 heteroatoms. The summed E-state index contributed by atoms with van der Waals surface area (Å²) in [5.74, 6) is -0.0382. The van der Waals surface area contributed by atoms with Gasteiger partial charge >= 0.3 is 0 Å². The monoisotopic (exact) mass is 492 g/mol. The van der Waals surface area contributed by atoms with Gasteiger partial charge in [0.2, 0.25) is 15.8 Å². The number of hydrogen-bond acceptors (Lipinski definition) is 11. The van der Waals surface area contributed by atoms with E-state index in [4.69, 9.17) is 16.6 Å². The summed E-state index contributed by atoms with van der Waals surface area (Å²) in [6.45, 7) is -0.451. The van der Waals surface area contributed by atoms with Crippen molar-refractivity contribution in [3.63, 3.8) is 0 Å². The minimum Gasteiger partial charge on any atom is -0.772 e. The number of anilines is 1. The van der Waals surface area contributed by atoms with Crippen LogP contribution in [0.25, 0.3) is 33.5 Å². The van der Waals surface area contributed by atoms with Gasteiger partial charge < -0.3 is 26.1 Å². The van der Waals surface area contributed by atoms with Crippen molar-refractivity contribution in [3.8, 4) is 22.5 Å². The molecule has 0 bridgehead atoms. The molecule has 2 heterocycles. The Morgan fingerprint density at radius 2 is 1.97 bits per heavy atom. The average molecular weight is 493 g/mol. The van der Waals surface area contributed by atoms with Gasteiger partial charge in [0, 0.05) is 12.1 Å². The van der Waals surface area contributed by atoms with Gasteiger partial charge in [0.25, 0.3) is 0 Å². The highest BCUT2D eigenvalue weighted by Gasteiger charge is 2.33. The summed E-state index contributed by atoms with van der Waals surface area (Å²) in [6.07, 6.45) is -1.61. The number of tetrazole rings is 1. The lowest BCUT2D eigenvalue weighted by Gasteiger charge is -2.27. The molecule has 2 unspecified atom stereocenters. The van der Waals surface area contributed by atoms with E-state index >= 15 is 0 Å². The van der Waals surface area contributed by atoms with Gasteiger partial charge in [-0.2, -0.15) is 5.21 Å². The van der Waals surface area contributed by atoms with Gasteiger partial charge in [-0.1, -0.05) is 24.3 Å². The van der Waals surface area contributed by atoms with Gasteiger partial charge in [-0.3, -0.25) is 4.21 Å². The molecule has 0 spiro atoms. The fraction of sp³-hybridized carbons (Fsp3) is 0.176. The van der Waals surface area contributed by atoms with Crippen molar-refractivity contribution in [3.05, 3.63) is 35.9 Å². The van der Waals surface area contributed by atoms with Crippen LogP contribution in [0.3, 0.4) is 0 Å². The highest BCUT2D eigenvalue weighted by Crippen LogP contribution is 2.42. The van der Waals surface area contributed by atoms with Gasteiger partial charge in [0.1, 0.15) is 0 Å². The maximum absolute atomic E-state index is 12.8. The molecule has 174 valence electrons. The molecule has 33 heavy (non-hydrogen) atoms. The molecule has 4 aromatic rings. The number of hydrogen-bond donors (Lipinski definition) is 6. The number of nitrogens with two attached hydrogens (primary N) is 3. The molecule has 0 radical (unpaired) electrons. The van der Waals surface area contributed by atoms with E-state index in [9.17, 15) is 22.3 Å². The Bertz CT molecular complexity index is 1450. The van der Waals surface area contributed by atoms with Crippen molar-refractivity contribution < 1.29 is 22.3 Å². The third-order valence-corrected chi connectivity index (χ3v) is 6.96. The molecule has 3 atom stereocenters. The van der Waals surface area contributed by atoms with E-state index in [1.807, 2.05) is 0 Å². The van der Waals surface area contributed by atoms with Crippen molar-refractivity contribution in [2.24, 2.45) is 10.9 Å². The number of imidazole rings is 1. The number of nitrogen functional groups attached to an aromatic ring is 1. The molecule has 4 rings (SSSR count). The number of nitrogens with one attached hydrogen (secondary N) is 2. The summed E-state index contributed by atoms with van der Waals surface area (Å²) in [6, 6.07) is 7.77. The third-order valence-electron chi connectivity index (χ3n) is 4.97. The fourth-order valence-electron chi connectivity index (χ4n) is 3.67. The Morgan fingerprint density at radius 3 is 2.58 bits per heavy atom. The van der Waals surface area contributed by atoms with Gasteiger partial charge in [-0.15, -0.1) is 10.2 Å². The molecule has 2 aromatic heterocycles. The summed E-state index contributed by atoms with van der Waals surface area (Å²) >= 11 is -2.95. The number of benzene rings is 2. The van der Waals surface area contributed by atoms with E-state index in [2.05, 4.69) is 30.6 Å². The van der Waals surface area contributed by atoms with Crippen LogP contribution in [0.5, 0.6) is 0 Å². The molecule has 0 aliphatic carbocycles. The Hall–Kier alpha value is -3.28. The van der Waals surface area contributed by atoms with Crippen molar-refractivity contribution in [1.82, 2.24) is 30.6 Å². The number of aliphatic hydroxyl groups is 1. The Kier molecular flexibility index (Phi) is 5.95. The van der Waals surface area contributed by atoms with E-state index < -0.39 is 43.9 Å². The number of aromatic amines is 2. The van der Waals surface area contributed by atoms with Crippen molar-refractivity contribution in [2.45, 2.75) is 16.2 Å². The van der Waals surface area contributed by atoms with Gasteiger partial charge in [-0.25, -0.2) is 18.5 Å². The number of primary sulfonamides is 1. The highest BCUT2D eigenvalue weighted by molar-refractivity contribution is 7.89. The first kappa shape index (κ1) is 22.9. The molecule has 0 fully saturated rings. The zero-order valence-electron chi connectivity index (χ0n) is 16.7. The van der Waals surface area contributed by atoms with Crippen LogP contribution in [0.4, 0.5) is 5.95 Å². The molecule has 0 aliphatic rings. The molecular weight excluding hydrogens is 474 g/mol. The predicted molar refractivity (Wildman–Crippen MR) is 117 cm³/mol. The minimum absolute atomic E-state index is 0.127. The lowest BCUT2D eigenvalue weighted by Crippen LogP contribution is -2.32. The smallest absolute Gasteiger partial charge is 0.239 e. The fourth-order valence-corrected chi connectivity index (χ4v) is 5.53. The van der Waals surface area contributed by atoms with Crippen LogP contribution < -0.4 is 16.6 Å². The zero-order chi connectivity index (χ0) is 23.9. The predicted octanol–water partition coefficient (Wildman–Crippen LogP) is -1.12. The summed E-state index contributed by atoms with van der Waals surface area (Å²) < 4.78 is 49.6. The molecule has 0 amide bonds. The summed E-state index contributed by atoms with van der Waals surface area (Å²) in [7, 11) is -4.59. The SMILES string of the molecule is NC[C@H](O)C(c1ccc(-c2cccc3[nH]c(N)nc23)c(-c2nn[nH]n2)c1S(N)(=O)=O)S(=O)[O-]. The van der Waals surface area contributed by atoms with Crippen LogP contribution in [-0.4, -0.2) is 65.5 Å². The second-order valence-electron chi connectivity index (χ2n) is 6.99. The number of aliphatic hydroxyl groups excluding tert-OH is 1. The number of aromatic nitrogens is 6. The van der Waals surface area contributed by atoms with Crippen LogP contribution in [-0.2, 0) is 21.1 Å². The summed E-state index contributed by atoms with van der Waals surface area (Å²) in [5.41, 5.74) is 12.5. The van der Waals surface area contributed by atoms with E-state index in [1.54, 1.807) is 18.2 Å². The Morgan fingerprint density at radius 1 is 1.21 bits per heavy atom. The summed E-state index contributed by atoms with van der Waals surface area (Å²) in [4.78, 5) is 6.54. The number of rotatable bonds is 7. The molecule has 0 aliphatic heterocycles.